The van der Waals surface area contributed by atoms with Crippen molar-refractivity contribution < 1.29 is 14.3 Å². The summed E-state index contributed by atoms with van der Waals surface area (Å²) in [4.78, 5) is 16.6. The molecule has 3 aromatic rings. The molecule has 26 heavy (non-hydrogen) atoms. The van der Waals surface area contributed by atoms with Crippen LogP contribution in [0.5, 0.6) is 11.6 Å². The summed E-state index contributed by atoms with van der Waals surface area (Å²) in [6.07, 6.45) is 3.53. The second kappa shape index (κ2) is 8.70. The third kappa shape index (κ3) is 4.41. The summed E-state index contributed by atoms with van der Waals surface area (Å²) in [6.45, 7) is 2.75. The lowest BCUT2D eigenvalue weighted by Gasteiger charge is -2.09. The molecule has 0 fully saturated rings. The Balaban J connectivity index is 1.68. The Morgan fingerprint density at radius 3 is 2.81 bits per heavy atom. The van der Waals surface area contributed by atoms with E-state index in [2.05, 4.69) is 27.4 Å². The molecule has 0 saturated heterocycles. The molecule has 0 saturated carbocycles. The van der Waals surface area contributed by atoms with Gasteiger partial charge < -0.3 is 9.47 Å². The van der Waals surface area contributed by atoms with Crippen molar-refractivity contribution in [1.29, 1.82) is 0 Å². The first-order chi connectivity index (χ1) is 12.8. The normalized spacial score (nSPS) is 10.5. The Morgan fingerprint density at radius 1 is 1.15 bits per heavy atom. The third-order valence-corrected chi connectivity index (χ3v) is 3.61. The van der Waals surface area contributed by atoms with Crippen molar-refractivity contribution in [2.45, 2.75) is 32.9 Å². The minimum absolute atomic E-state index is 0.0186. The maximum Gasteiger partial charge on any atom is 0.344 e. The number of hydrogen-bond acceptors (Lipinski definition) is 7. The SMILES string of the molecule is CCCCn1nnnc1COC(=O)c1cccnc1Oc1ccccc1. The molecule has 2 aromatic heterocycles. The molecule has 8 heteroatoms. The predicted molar refractivity (Wildman–Crippen MR) is 92.6 cm³/mol. The monoisotopic (exact) mass is 353 g/mol. The molecule has 0 aliphatic heterocycles. The number of aryl methyl sites for hydroxylation is 1. The van der Waals surface area contributed by atoms with Gasteiger partial charge in [0, 0.05) is 12.7 Å². The summed E-state index contributed by atoms with van der Waals surface area (Å²) in [5.74, 6) is 0.730. The van der Waals surface area contributed by atoms with E-state index in [0.29, 0.717) is 18.1 Å². The van der Waals surface area contributed by atoms with Crippen LogP contribution >= 0.6 is 0 Å². The molecule has 1 aromatic carbocycles. The van der Waals surface area contributed by atoms with Crippen LogP contribution in [-0.4, -0.2) is 31.2 Å². The Morgan fingerprint density at radius 2 is 2.00 bits per heavy atom. The van der Waals surface area contributed by atoms with Gasteiger partial charge in [0.05, 0.1) is 0 Å². The highest BCUT2D eigenvalue weighted by molar-refractivity contribution is 5.91. The van der Waals surface area contributed by atoms with Crippen molar-refractivity contribution in [2.75, 3.05) is 0 Å². The number of nitrogens with zero attached hydrogens (tertiary/aromatic N) is 5. The molecule has 8 nitrogen and oxygen atoms in total. The summed E-state index contributed by atoms with van der Waals surface area (Å²) >= 11 is 0. The summed E-state index contributed by atoms with van der Waals surface area (Å²) in [6, 6.07) is 12.4. The number of pyridine rings is 1. The van der Waals surface area contributed by atoms with E-state index in [1.54, 1.807) is 35.1 Å². The summed E-state index contributed by atoms with van der Waals surface area (Å²) in [5, 5.41) is 11.4. The van der Waals surface area contributed by atoms with Crippen molar-refractivity contribution in [1.82, 2.24) is 25.2 Å². The van der Waals surface area contributed by atoms with Crippen molar-refractivity contribution in [2.24, 2.45) is 0 Å². The molecule has 0 aliphatic carbocycles. The van der Waals surface area contributed by atoms with Crippen LogP contribution in [0, 0.1) is 0 Å². The zero-order valence-electron chi connectivity index (χ0n) is 14.4. The standard InChI is InChI=1S/C18H19N5O3/c1-2-3-12-23-16(20-21-22-23)13-25-18(24)15-10-7-11-19-17(15)26-14-8-5-4-6-9-14/h4-11H,2-3,12-13H2,1H3. The van der Waals surface area contributed by atoms with E-state index in [1.165, 1.54) is 0 Å². The summed E-state index contributed by atoms with van der Waals surface area (Å²) < 4.78 is 12.7. The zero-order chi connectivity index (χ0) is 18.2. The number of unbranched alkanes of at least 4 members (excludes halogenated alkanes) is 1. The molecule has 0 atom stereocenters. The van der Waals surface area contributed by atoms with E-state index in [1.807, 2.05) is 18.2 Å². The average Bonchev–Trinajstić information content (AvgIpc) is 3.13. The van der Waals surface area contributed by atoms with Gasteiger partial charge in [-0.05, 0) is 41.1 Å². The molecule has 0 aliphatic rings. The predicted octanol–water partition coefficient (Wildman–Crippen LogP) is 3.02. The number of rotatable bonds is 8. The highest BCUT2D eigenvalue weighted by atomic mass is 16.5. The van der Waals surface area contributed by atoms with E-state index < -0.39 is 5.97 Å². The molecule has 0 N–H and O–H groups in total. The number of carbonyl (C=O) groups excluding carboxylic acids is 1. The minimum Gasteiger partial charge on any atom is -0.454 e. The molecule has 0 radical (unpaired) electrons. The van der Waals surface area contributed by atoms with Crippen molar-refractivity contribution in [3.05, 3.63) is 60.0 Å². The Labute approximate surface area is 150 Å². The van der Waals surface area contributed by atoms with E-state index >= 15 is 0 Å². The maximum atomic E-state index is 12.5. The first kappa shape index (κ1) is 17.5. The van der Waals surface area contributed by atoms with Crippen LogP contribution in [0.25, 0.3) is 0 Å². The number of para-hydroxylation sites is 1. The van der Waals surface area contributed by atoms with Gasteiger partial charge in [0.2, 0.25) is 5.88 Å². The number of tetrazole rings is 1. The van der Waals surface area contributed by atoms with Gasteiger partial charge in [-0.15, -0.1) is 5.10 Å². The van der Waals surface area contributed by atoms with E-state index in [-0.39, 0.29) is 18.1 Å². The molecule has 0 amide bonds. The highest BCUT2D eigenvalue weighted by Gasteiger charge is 2.17. The Hall–Kier alpha value is -3.29. The van der Waals surface area contributed by atoms with Crippen LogP contribution in [-0.2, 0) is 17.9 Å². The van der Waals surface area contributed by atoms with Gasteiger partial charge in [-0.2, -0.15) is 0 Å². The number of hydrogen-bond donors (Lipinski definition) is 0. The second-order valence-corrected chi connectivity index (χ2v) is 5.52. The van der Waals surface area contributed by atoms with Crippen LogP contribution in [0.15, 0.2) is 48.7 Å². The smallest absolute Gasteiger partial charge is 0.344 e. The van der Waals surface area contributed by atoms with Crippen molar-refractivity contribution >= 4 is 5.97 Å². The van der Waals surface area contributed by atoms with Crippen molar-refractivity contribution in [3.63, 3.8) is 0 Å². The number of esters is 1. The van der Waals surface area contributed by atoms with Gasteiger partial charge in [-0.3, -0.25) is 0 Å². The minimum atomic E-state index is -0.547. The van der Waals surface area contributed by atoms with Gasteiger partial charge in [0.25, 0.3) is 0 Å². The largest absolute Gasteiger partial charge is 0.454 e. The molecular weight excluding hydrogens is 334 g/mol. The van der Waals surface area contributed by atoms with Crippen LogP contribution in [0.1, 0.15) is 35.9 Å². The Bertz CT molecular complexity index is 851. The lowest BCUT2D eigenvalue weighted by molar-refractivity contribution is 0.0452. The number of ether oxygens (including phenoxy) is 2. The molecule has 3 rings (SSSR count). The van der Waals surface area contributed by atoms with Crippen LogP contribution in [0.3, 0.4) is 0 Å². The zero-order valence-corrected chi connectivity index (χ0v) is 14.4. The lowest BCUT2D eigenvalue weighted by Crippen LogP contribution is -2.12. The van der Waals surface area contributed by atoms with Gasteiger partial charge in [-0.25, -0.2) is 14.5 Å². The van der Waals surface area contributed by atoms with E-state index in [9.17, 15) is 4.79 Å². The highest BCUT2D eigenvalue weighted by Crippen LogP contribution is 2.23. The molecular formula is C18H19N5O3. The topological polar surface area (TPSA) is 92.0 Å². The number of aromatic nitrogens is 5. The average molecular weight is 353 g/mol. The van der Waals surface area contributed by atoms with E-state index in [0.717, 1.165) is 12.8 Å². The summed E-state index contributed by atoms with van der Waals surface area (Å²) in [7, 11) is 0. The first-order valence-corrected chi connectivity index (χ1v) is 8.38. The fraction of sp³-hybridized carbons (Fsp3) is 0.278. The van der Waals surface area contributed by atoms with Crippen LogP contribution in [0.4, 0.5) is 0 Å². The van der Waals surface area contributed by atoms with Gasteiger partial charge in [0.1, 0.15) is 11.3 Å². The third-order valence-electron chi connectivity index (χ3n) is 3.61. The first-order valence-electron chi connectivity index (χ1n) is 8.38. The van der Waals surface area contributed by atoms with E-state index in [4.69, 9.17) is 9.47 Å². The fourth-order valence-electron chi connectivity index (χ4n) is 2.24. The Kier molecular flexibility index (Phi) is 5.87. The second-order valence-electron chi connectivity index (χ2n) is 5.52. The maximum absolute atomic E-state index is 12.5. The summed E-state index contributed by atoms with van der Waals surface area (Å²) in [5.41, 5.74) is 0.240. The molecule has 134 valence electrons. The van der Waals surface area contributed by atoms with Gasteiger partial charge in [-0.1, -0.05) is 31.5 Å². The molecule has 0 spiro atoms. The number of benzene rings is 1. The lowest BCUT2D eigenvalue weighted by atomic mass is 10.2. The fourth-order valence-corrected chi connectivity index (χ4v) is 2.24. The van der Waals surface area contributed by atoms with Crippen LogP contribution in [0.2, 0.25) is 0 Å². The number of carbonyl (C=O) groups is 1. The molecule has 0 unspecified atom stereocenters. The molecule has 2 heterocycles. The quantitative estimate of drug-likeness (QED) is 0.575. The van der Waals surface area contributed by atoms with Gasteiger partial charge >= 0.3 is 5.97 Å². The van der Waals surface area contributed by atoms with Crippen molar-refractivity contribution in [3.8, 4) is 11.6 Å². The molecule has 0 bridgehead atoms. The van der Waals surface area contributed by atoms with Gasteiger partial charge in [0.15, 0.2) is 12.4 Å². The van der Waals surface area contributed by atoms with Crippen LogP contribution < -0.4 is 4.74 Å².